The van der Waals surface area contributed by atoms with Crippen molar-refractivity contribution in [1.29, 1.82) is 0 Å². The van der Waals surface area contributed by atoms with Crippen molar-refractivity contribution in [3.63, 3.8) is 0 Å². The van der Waals surface area contributed by atoms with Crippen LogP contribution in [-0.4, -0.2) is 73.9 Å². The van der Waals surface area contributed by atoms with Gasteiger partial charge >= 0.3 is 0 Å². The molecule has 9 heteroatoms. The number of hydrogen-bond acceptors (Lipinski definition) is 7. The summed E-state index contributed by atoms with van der Waals surface area (Å²) in [7, 11) is 0. The number of ether oxygens (including phenoxy) is 2. The number of fused-ring (bicyclic) bond motifs is 1. The van der Waals surface area contributed by atoms with Crippen LogP contribution in [0.3, 0.4) is 0 Å². The number of pyridine rings is 1. The monoisotopic (exact) mass is 333 g/mol. The third kappa shape index (κ3) is 2.87. The van der Waals surface area contributed by atoms with Gasteiger partial charge in [-0.3, -0.25) is 9.59 Å². The SMILES string of the molecule is O=C1COc2ccc(N3CCO[C@@H]3CN3CCNCC3=O)nc2N1. The Hall–Kier alpha value is -2.39. The highest BCUT2D eigenvalue weighted by atomic mass is 16.5. The van der Waals surface area contributed by atoms with Gasteiger partial charge < -0.3 is 29.9 Å². The Morgan fingerprint density at radius 2 is 2.21 bits per heavy atom. The summed E-state index contributed by atoms with van der Waals surface area (Å²) in [5, 5.41) is 5.77. The van der Waals surface area contributed by atoms with Crippen LogP contribution in [-0.2, 0) is 14.3 Å². The lowest BCUT2D eigenvalue weighted by atomic mass is 10.3. The molecule has 128 valence electrons. The van der Waals surface area contributed by atoms with E-state index < -0.39 is 0 Å². The first kappa shape index (κ1) is 15.2. The van der Waals surface area contributed by atoms with Crippen LogP contribution in [0.15, 0.2) is 12.1 Å². The van der Waals surface area contributed by atoms with Gasteiger partial charge in [0.2, 0.25) is 5.91 Å². The fourth-order valence-electron chi connectivity index (χ4n) is 3.08. The quantitative estimate of drug-likeness (QED) is 0.733. The molecule has 1 aromatic heterocycles. The van der Waals surface area contributed by atoms with E-state index in [0.29, 0.717) is 50.2 Å². The summed E-state index contributed by atoms with van der Waals surface area (Å²) in [4.78, 5) is 31.7. The Morgan fingerprint density at radius 3 is 3.08 bits per heavy atom. The van der Waals surface area contributed by atoms with Crippen molar-refractivity contribution >= 4 is 23.5 Å². The van der Waals surface area contributed by atoms with Crippen LogP contribution in [0, 0.1) is 0 Å². The Morgan fingerprint density at radius 1 is 1.29 bits per heavy atom. The average molecular weight is 333 g/mol. The lowest BCUT2D eigenvalue weighted by Gasteiger charge is -2.33. The molecule has 0 spiro atoms. The summed E-state index contributed by atoms with van der Waals surface area (Å²) in [5.74, 6) is 1.55. The molecule has 0 bridgehead atoms. The number of anilines is 2. The Bertz CT molecular complexity index is 667. The molecule has 0 radical (unpaired) electrons. The fourth-order valence-corrected chi connectivity index (χ4v) is 3.08. The van der Waals surface area contributed by atoms with Gasteiger partial charge in [-0.1, -0.05) is 0 Å². The van der Waals surface area contributed by atoms with Crippen LogP contribution < -0.4 is 20.3 Å². The maximum atomic E-state index is 12.0. The van der Waals surface area contributed by atoms with Gasteiger partial charge in [0.1, 0.15) is 12.0 Å². The minimum atomic E-state index is -0.238. The summed E-state index contributed by atoms with van der Waals surface area (Å²) in [6, 6.07) is 3.64. The topological polar surface area (TPSA) is 96.0 Å². The van der Waals surface area contributed by atoms with Gasteiger partial charge in [-0.05, 0) is 12.1 Å². The summed E-state index contributed by atoms with van der Waals surface area (Å²) in [6.45, 7) is 3.61. The van der Waals surface area contributed by atoms with Crippen molar-refractivity contribution in [3.05, 3.63) is 12.1 Å². The number of carbonyl (C=O) groups excluding carboxylic acids is 2. The van der Waals surface area contributed by atoms with Gasteiger partial charge in [0, 0.05) is 19.6 Å². The number of carbonyl (C=O) groups is 2. The second-order valence-electron chi connectivity index (χ2n) is 5.89. The van der Waals surface area contributed by atoms with Crippen LogP contribution in [0.1, 0.15) is 0 Å². The van der Waals surface area contributed by atoms with Gasteiger partial charge in [-0.2, -0.15) is 0 Å². The largest absolute Gasteiger partial charge is 0.480 e. The third-order valence-corrected chi connectivity index (χ3v) is 4.31. The minimum absolute atomic E-state index is 0.00852. The van der Waals surface area contributed by atoms with E-state index >= 15 is 0 Å². The van der Waals surface area contributed by atoms with E-state index in [-0.39, 0.29) is 24.6 Å². The fraction of sp³-hybridized carbons (Fsp3) is 0.533. The van der Waals surface area contributed by atoms with E-state index in [2.05, 4.69) is 15.6 Å². The zero-order valence-electron chi connectivity index (χ0n) is 13.2. The molecule has 2 saturated heterocycles. The molecule has 0 unspecified atom stereocenters. The van der Waals surface area contributed by atoms with Gasteiger partial charge in [-0.15, -0.1) is 0 Å². The maximum absolute atomic E-state index is 12.0. The van der Waals surface area contributed by atoms with Gasteiger partial charge in [0.25, 0.3) is 5.91 Å². The van der Waals surface area contributed by atoms with E-state index in [4.69, 9.17) is 9.47 Å². The lowest BCUT2D eigenvalue weighted by molar-refractivity contribution is -0.133. The van der Waals surface area contributed by atoms with Crippen LogP contribution in [0.25, 0.3) is 0 Å². The Labute approximate surface area is 138 Å². The van der Waals surface area contributed by atoms with E-state index in [0.717, 1.165) is 6.54 Å². The molecule has 0 aromatic carbocycles. The maximum Gasteiger partial charge on any atom is 0.263 e. The van der Waals surface area contributed by atoms with Gasteiger partial charge in [-0.25, -0.2) is 4.98 Å². The first-order chi connectivity index (χ1) is 11.7. The average Bonchev–Trinajstić information content (AvgIpc) is 3.04. The van der Waals surface area contributed by atoms with E-state index in [1.165, 1.54) is 0 Å². The molecule has 24 heavy (non-hydrogen) atoms. The molecule has 2 amide bonds. The number of rotatable bonds is 3. The first-order valence-electron chi connectivity index (χ1n) is 8.01. The van der Waals surface area contributed by atoms with Crippen molar-refractivity contribution in [1.82, 2.24) is 15.2 Å². The van der Waals surface area contributed by atoms with E-state index in [1.807, 2.05) is 15.9 Å². The normalized spacial score (nSPS) is 23.8. The molecule has 2 N–H and O–H groups in total. The number of amides is 2. The predicted octanol–water partition coefficient (Wildman–Crippen LogP) is -0.993. The van der Waals surface area contributed by atoms with Crippen LogP contribution in [0.4, 0.5) is 11.6 Å². The molecule has 3 aliphatic rings. The Kier molecular flexibility index (Phi) is 3.95. The van der Waals surface area contributed by atoms with Crippen LogP contribution in [0.5, 0.6) is 5.75 Å². The number of aromatic nitrogens is 1. The molecule has 3 aliphatic heterocycles. The number of nitrogens with zero attached hydrogens (tertiary/aromatic N) is 3. The highest BCUT2D eigenvalue weighted by molar-refractivity contribution is 5.94. The molecule has 1 atom stereocenters. The molecule has 4 heterocycles. The highest BCUT2D eigenvalue weighted by Gasteiger charge is 2.31. The van der Waals surface area contributed by atoms with E-state index in [9.17, 15) is 9.59 Å². The van der Waals surface area contributed by atoms with Crippen molar-refractivity contribution in [2.45, 2.75) is 6.23 Å². The molecule has 0 aliphatic carbocycles. The summed E-state index contributed by atoms with van der Waals surface area (Å²) in [5.41, 5.74) is 0. The number of nitrogens with one attached hydrogen (secondary N) is 2. The second-order valence-corrected chi connectivity index (χ2v) is 5.89. The van der Waals surface area contributed by atoms with E-state index in [1.54, 1.807) is 6.07 Å². The Balaban J connectivity index is 1.51. The van der Waals surface area contributed by atoms with Crippen molar-refractivity contribution in [2.24, 2.45) is 0 Å². The molecule has 9 nitrogen and oxygen atoms in total. The van der Waals surface area contributed by atoms with Crippen molar-refractivity contribution < 1.29 is 19.1 Å². The highest BCUT2D eigenvalue weighted by Crippen LogP contribution is 2.30. The van der Waals surface area contributed by atoms with Gasteiger partial charge in [0.05, 0.1) is 19.7 Å². The first-order valence-corrected chi connectivity index (χ1v) is 8.01. The van der Waals surface area contributed by atoms with Crippen LogP contribution >= 0.6 is 0 Å². The summed E-state index contributed by atoms with van der Waals surface area (Å²) < 4.78 is 11.1. The number of hydrogen-bond donors (Lipinski definition) is 2. The van der Waals surface area contributed by atoms with Crippen molar-refractivity contribution in [3.8, 4) is 5.75 Å². The molecule has 1 aromatic rings. The molecule has 0 saturated carbocycles. The van der Waals surface area contributed by atoms with Gasteiger partial charge in [0.15, 0.2) is 18.2 Å². The van der Waals surface area contributed by atoms with Crippen LogP contribution in [0.2, 0.25) is 0 Å². The summed E-state index contributed by atoms with van der Waals surface area (Å²) >= 11 is 0. The molecular formula is C15H19N5O4. The summed E-state index contributed by atoms with van der Waals surface area (Å²) in [6.07, 6.45) is -0.238. The minimum Gasteiger partial charge on any atom is -0.480 e. The zero-order valence-corrected chi connectivity index (χ0v) is 13.2. The standard InChI is InChI=1S/C15H19N5O4/c21-12-9-24-10-1-2-11(17-15(10)18-12)20-5-6-23-14(20)8-19-4-3-16-7-13(19)22/h1-2,14,16H,3-9H2,(H,17,18,21)/t14-/m1/s1. The second kappa shape index (κ2) is 6.25. The molecule has 4 rings (SSSR count). The molecule has 2 fully saturated rings. The zero-order chi connectivity index (χ0) is 16.5. The van der Waals surface area contributed by atoms with Crippen molar-refractivity contribution in [2.75, 3.05) is 56.2 Å². The third-order valence-electron chi connectivity index (χ3n) is 4.31. The predicted molar refractivity (Wildman–Crippen MR) is 84.9 cm³/mol. The molecular weight excluding hydrogens is 314 g/mol. The smallest absolute Gasteiger partial charge is 0.263 e. The number of piperazine rings is 1. The lowest BCUT2D eigenvalue weighted by Crippen LogP contribution is -2.52.